The number of anilines is 1. The highest BCUT2D eigenvalue weighted by molar-refractivity contribution is 9.10. The van der Waals surface area contributed by atoms with Crippen LogP contribution in [-0.2, 0) is 24.1 Å². The fourth-order valence-electron chi connectivity index (χ4n) is 4.10. The fourth-order valence-corrected chi connectivity index (χ4v) is 4.89. The number of aliphatic carboxylic acids is 1. The molecule has 0 radical (unpaired) electrons. The van der Waals surface area contributed by atoms with E-state index in [2.05, 4.69) is 33.0 Å². The van der Waals surface area contributed by atoms with E-state index in [9.17, 15) is 9.90 Å². The van der Waals surface area contributed by atoms with Crippen molar-refractivity contribution in [3.05, 3.63) is 56.3 Å². The third-order valence-corrected chi connectivity index (χ3v) is 6.34. The number of hydrogen-bond donors (Lipinski definition) is 1. The molecule has 4 nitrogen and oxygen atoms in total. The molecule has 0 atom stereocenters. The van der Waals surface area contributed by atoms with Crippen molar-refractivity contribution in [3.63, 3.8) is 0 Å². The number of fused-ring (bicyclic) bond motifs is 2. The minimum absolute atomic E-state index is 0.225. The molecule has 0 spiro atoms. The Morgan fingerprint density at radius 2 is 2.00 bits per heavy atom. The molecule has 1 aromatic heterocycles. The summed E-state index contributed by atoms with van der Waals surface area (Å²) in [4.78, 5) is 18.3. The van der Waals surface area contributed by atoms with Gasteiger partial charge in [0, 0.05) is 30.7 Å². The topological polar surface area (TPSA) is 53.4 Å². The van der Waals surface area contributed by atoms with E-state index in [-0.39, 0.29) is 5.92 Å². The molecule has 0 amide bonds. The molecule has 136 valence electrons. The number of carboxylic acids is 1. The van der Waals surface area contributed by atoms with E-state index in [0.717, 1.165) is 47.5 Å². The molecular formula is C20H20BrClN2O2. The number of carbonyl (C=O) groups is 1. The number of aromatic nitrogens is 1. The smallest absolute Gasteiger partial charge is 0.306 e. The fraction of sp³-hybridized carbons (Fsp3) is 0.400. The largest absolute Gasteiger partial charge is 0.481 e. The monoisotopic (exact) mass is 434 g/mol. The number of aryl methyl sites for hydroxylation is 1. The first kappa shape index (κ1) is 17.8. The van der Waals surface area contributed by atoms with Gasteiger partial charge in [0.05, 0.1) is 21.8 Å². The van der Waals surface area contributed by atoms with E-state index in [1.807, 2.05) is 12.3 Å². The van der Waals surface area contributed by atoms with Gasteiger partial charge in [-0.1, -0.05) is 17.7 Å². The Morgan fingerprint density at radius 3 is 2.73 bits per heavy atom. The lowest BCUT2D eigenvalue weighted by atomic mass is 9.95. The molecule has 1 N–H and O–H groups in total. The van der Waals surface area contributed by atoms with Gasteiger partial charge in [-0.3, -0.25) is 9.78 Å². The molecule has 1 aromatic carbocycles. The number of nitrogens with zero attached hydrogens (tertiary/aromatic N) is 2. The summed E-state index contributed by atoms with van der Waals surface area (Å²) in [7, 11) is 0. The van der Waals surface area contributed by atoms with Crippen molar-refractivity contribution in [1.82, 2.24) is 4.98 Å². The van der Waals surface area contributed by atoms with Gasteiger partial charge in [-0.05, 0) is 70.4 Å². The van der Waals surface area contributed by atoms with Gasteiger partial charge >= 0.3 is 5.97 Å². The Labute approximate surface area is 166 Å². The van der Waals surface area contributed by atoms with Crippen molar-refractivity contribution >= 4 is 39.2 Å². The Morgan fingerprint density at radius 1 is 1.23 bits per heavy atom. The lowest BCUT2D eigenvalue weighted by Crippen LogP contribution is -2.37. The molecule has 0 unspecified atom stereocenters. The van der Waals surface area contributed by atoms with Crippen LogP contribution >= 0.6 is 27.5 Å². The predicted octanol–water partition coefficient (Wildman–Crippen LogP) is 4.49. The minimum atomic E-state index is -0.676. The van der Waals surface area contributed by atoms with Crippen LogP contribution in [0.2, 0.25) is 5.02 Å². The summed E-state index contributed by atoms with van der Waals surface area (Å²) in [6.45, 7) is 1.54. The molecule has 1 aliphatic carbocycles. The Kier molecular flexibility index (Phi) is 4.93. The highest BCUT2D eigenvalue weighted by Crippen LogP contribution is 2.37. The van der Waals surface area contributed by atoms with Gasteiger partial charge in [0.1, 0.15) is 0 Å². The van der Waals surface area contributed by atoms with Crippen molar-refractivity contribution in [2.75, 3.05) is 18.0 Å². The van der Waals surface area contributed by atoms with Gasteiger partial charge < -0.3 is 10.0 Å². The Balaban J connectivity index is 1.66. The molecule has 26 heavy (non-hydrogen) atoms. The van der Waals surface area contributed by atoms with Crippen LogP contribution < -0.4 is 4.90 Å². The molecule has 1 aliphatic heterocycles. The maximum atomic E-state index is 11.2. The van der Waals surface area contributed by atoms with Crippen LogP contribution in [0.5, 0.6) is 0 Å². The Bertz CT molecular complexity index is 863. The number of hydrogen-bond acceptors (Lipinski definition) is 3. The van der Waals surface area contributed by atoms with Gasteiger partial charge in [0.25, 0.3) is 0 Å². The molecule has 0 saturated carbocycles. The van der Waals surface area contributed by atoms with Crippen molar-refractivity contribution in [2.45, 2.75) is 32.1 Å². The molecule has 4 rings (SSSR count). The second-order valence-electron chi connectivity index (χ2n) is 7.07. The summed E-state index contributed by atoms with van der Waals surface area (Å²) >= 11 is 9.87. The summed E-state index contributed by atoms with van der Waals surface area (Å²) < 4.78 is 0.994. The van der Waals surface area contributed by atoms with E-state index in [1.165, 1.54) is 22.4 Å². The molecule has 1 fully saturated rings. The lowest BCUT2D eigenvalue weighted by Gasteiger charge is -2.34. The third-order valence-electron chi connectivity index (χ3n) is 5.53. The second-order valence-corrected chi connectivity index (χ2v) is 8.36. The number of carboxylic acid groups (broad SMARTS) is 1. The van der Waals surface area contributed by atoms with Crippen LogP contribution in [0.1, 0.15) is 35.2 Å². The molecule has 0 bridgehead atoms. The van der Waals surface area contributed by atoms with E-state index >= 15 is 0 Å². The van der Waals surface area contributed by atoms with E-state index in [0.29, 0.717) is 12.8 Å². The van der Waals surface area contributed by atoms with Crippen LogP contribution in [0, 0.1) is 5.92 Å². The summed E-state index contributed by atoms with van der Waals surface area (Å²) in [5.41, 5.74) is 6.17. The standard InChI is InChI=1S/C20H20BrClN2O2/c21-17-11-23-18-10-14-1-3-15(22)9-13(14)2-4-16(18)19(17)24-7-5-12(6-8-24)20(25)26/h1,3,9,11-12H,2,4-8,10H2,(H,25,26). The van der Waals surface area contributed by atoms with Gasteiger partial charge in [-0.25, -0.2) is 0 Å². The summed E-state index contributed by atoms with van der Waals surface area (Å²) in [6.07, 6.45) is 5.94. The van der Waals surface area contributed by atoms with Crippen molar-refractivity contribution in [1.29, 1.82) is 0 Å². The summed E-state index contributed by atoms with van der Waals surface area (Å²) in [6, 6.07) is 6.12. The van der Waals surface area contributed by atoms with Gasteiger partial charge in [0.2, 0.25) is 0 Å². The first-order chi connectivity index (χ1) is 12.5. The molecule has 6 heteroatoms. The van der Waals surface area contributed by atoms with Crippen LogP contribution in [0.25, 0.3) is 0 Å². The van der Waals surface area contributed by atoms with Crippen LogP contribution in [0.15, 0.2) is 28.9 Å². The zero-order chi connectivity index (χ0) is 18.3. The zero-order valence-corrected chi connectivity index (χ0v) is 16.7. The molecule has 1 saturated heterocycles. The Hall–Kier alpha value is -1.59. The maximum Gasteiger partial charge on any atom is 0.306 e. The van der Waals surface area contributed by atoms with Crippen LogP contribution in [0.3, 0.4) is 0 Å². The highest BCUT2D eigenvalue weighted by Gasteiger charge is 2.28. The van der Waals surface area contributed by atoms with Crippen LogP contribution in [0.4, 0.5) is 5.69 Å². The third kappa shape index (κ3) is 3.35. The molecule has 2 aliphatic rings. The van der Waals surface area contributed by atoms with Gasteiger partial charge in [-0.2, -0.15) is 0 Å². The predicted molar refractivity (Wildman–Crippen MR) is 106 cm³/mol. The highest BCUT2D eigenvalue weighted by atomic mass is 79.9. The maximum absolute atomic E-state index is 11.2. The van der Waals surface area contributed by atoms with Crippen molar-refractivity contribution in [3.8, 4) is 0 Å². The minimum Gasteiger partial charge on any atom is -0.481 e. The summed E-state index contributed by atoms with van der Waals surface area (Å²) in [5.74, 6) is -0.901. The number of piperidine rings is 1. The first-order valence-corrected chi connectivity index (χ1v) is 10.1. The average molecular weight is 436 g/mol. The number of pyridine rings is 1. The summed E-state index contributed by atoms with van der Waals surface area (Å²) in [5, 5.41) is 10.0. The average Bonchev–Trinajstić information content (AvgIpc) is 2.81. The number of halogens is 2. The lowest BCUT2D eigenvalue weighted by molar-refractivity contribution is -0.142. The first-order valence-electron chi connectivity index (χ1n) is 8.94. The van der Waals surface area contributed by atoms with Crippen molar-refractivity contribution < 1.29 is 9.90 Å². The van der Waals surface area contributed by atoms with E-state index in [1.54, 1.807) is 0 Å². The second kappa shape index (κ2) is 7.20. The molecule has 2 aromatic rings. The molecule has 2 heterocycles. The molecular weight excluding hydrogens is 416 g/mol. The van der Waals surface area contributed by atoms with Crippen molar-refractivity contribution in [2.24, 2.45) is 5.92 Å². The van der Waals surface area contributed by atoms with Crippen LogP contribution in [-0.4, -0.2) is 29.1 Å². The van der Waals surface area contributed by atoms with Gasteiger partial charge in [0.15, 0.2) is 0 Å². The van der Waals surface area contributed by atoms with E-state index in [4.69, 9.17) is 16.6 Å². The van der Waals surface area contributed by atoms with Gasteiger partial charge in [-0.15, -0.1) is 0 Å². The SMILES string of the molecule is O=C(O)C1CCN(c2c(Br)cnc3c2CCc2cc(Cl)ccc2C3)CC1. The normalized spacial score (nSPS) is 17.4. The quantitative estimate of drug-likeness (QED) is 0.755. The number of benzene rings is 1. The zero-order valence-electron chi connectivity index (χ0n) is 14.3. The number of rotatable bonds is 2. The van der Waals surface area contributed by atoms with E-state index < -0.39 is 5.97 Å².